The largest absolute Gasteiger partial charge is 0.392 e. The van der Waals surface area contributed by atoms with Gasteiger partial charge in [0.15, 0.2) is 0 Å². The molecular formula is C18H36N2O6. The van der Waals surface area contributed by atoms with Gasteiger partial charge in [0, 0.05) is 39.0 Å². The summed E-state index contributed by atoms with van der Waals surface area (Å²) in [6.45, 7) is 7.00. The highest BCUT2D eigenvalue weighted by molar-refractivity contribution is 5.77. The maximum atomic E-state index is 12.2. The minimum Gasteiger partial charge on any atom is -0.392 e. The number of carbonyl (C=O) groups is 2. The normalized spacial score (nSPS) is 15.8. The molecule has 0 radical (unpaired) electrons. The molecule has 0 aromatic rings. The Morgan fingerprint density at radius 2 is 0.846 bits per heavy atom. The molecule has 0 fully saturated rings. The lowest BCUT2D eigenvalue weighted by Crippen LogP contribution is -2.41. The van der Waals surface area contributed by atoms with E-state index in [0.717, 1.165) is 0 Å². The topological polar surface area (TPSA) is 122 Å². The first-order valence-corrected chi connectivity index (χ1v) is 9.30. The van der Waals surface area contributed by atoms with Gasteiger partial charge >= 0.3 is 0 Å². The fourth-order valence-corrected chi connectivity index (χ4v) is 2.70. The summed E-state index contributed by atoms with van der Waals surface area (Å²) in [6.07, 6.45) is -1.19. The van der Waals surface area contributed by atoms with Crippen molar-refractivity contribution in [1.82, 2.24) is 9.80 Å². The van der Waals surface area contributed by atoms with Gasteiger partial charge in [-0.3, -0.25) is 9.59 Å². The van der Waals surface area contributed by atoms with Gasteiger partial charge in [0.25, 0.3) is 0 Å². The Balaban J connectivity index is 4.38. The average molecular weight is 376 g/mol. The van der Waals surface area contributed by atoms with Gasteiger partial charge in [-0.1, -0.05) is 0 Å². The van der Waals surface area contributed by atoms with Gasteiger partial charge in [0.1, 0.15) is 0 Å². The van der Waals surface area contributed by atoms with Crippen LogP contribution in [0.5, 0.6) is 0 Å². The van der Waals surface area contributed by atoms with Crippen molar-refractivity contribution < 1.29 is 30.0 Å². The van der Waals surface area contributed by atoms with Crippen molar-refractivity contribution in [3.8, 4) is 0 Å². The number of unbranched alkanes of at least 4 members (excludes halogenated alkanes) is 1. The molecule has 154 valence electrons. The van der Waals surface area contributed by atoms with Crippen molar-refractivity contribution >= 4 is 11.8 Å². The summed E-state index contributed by atoms with van der Waals surface area (Å²) >= 11 is 0. The maximum Gasteiger partial charge on any atom is 0.222 e. The Bertz CT molecular complexity index is 354. The first-order chi connectivity index (χ1) is 12.0. The number of aliphatic hydroxyl groups excluding tert-OH is 4. The fourth-order valence-electron chi connectivity index (χ4n) is 2.70. The van der Waals surface area contributed by atoms with Crippen molar-refractivity contribution in [1.29, 1.82) is 0 Å². The molecule has 0 aromatic carbocycles. The van der Waals surface area contributed by atoms with Crippen LogP contribution in [0.1, 0.15) is 53.4 Å². The summed E-state index contributed by atoms with van der Waals surface area (Å²) < 4.78 is 0. The van der Waals surface area contributed by atoms with Crippen LogP contribution in [0, 0.1) is 0 Å². The highest BCUT2D eigenvalue weighted by Gasteiger charge is 2.19. The van der Waals surface area contributed by atoms with Crippen LogP contribution < -0.4 is 0 Å². The minimum absolute atomic E-state index is 0.163. The molecule has 4 N–H and O–H groups in total. The van der Waals surface area contributed by atoms with Crippen molar-refractivity contribution in [2.45, 2.75) is 77.8 Å². The smallest absolute Gasteiger partial charge is 0.222 e. The molecule has 0 saturated heterocycles. The van der Waals surface area contributed by atoms with Gasteiger partial charge in [-0.15, -0.1) is 0 Å². The van der Waals surface area contributed by atoms with Gasteiger partial charge < -0.3 is 30.2 Å². The zero-order valence-electron chi connectivity index (χ0n) is 16.5. The molecule has 0 spiro atoms. The SMILES string of the molecule is C[C@H](O)CN(C[C@H](C)O)C(=O)CCCCC(=O)N(C[C@@H](C)O)C[C@@H](C)O. The molecule has 0 aliphatic rings. The second-order valence-corrected chi connectivity index (χ2v) is 7.20. The van der Waals surface area contributed by atoms with Crippen LogP contribution in [0.2, 0.25) is 0 Å². The van der Waals surface area contributed by atoms with Crippen LogP contribution in [0.15, 0.2) is 0 Å². The molecule has 0 aromatic heterocycles. The van der Waals surface area contributed by atoms with Crippen LogP contribution >= 0.6 is 0 Å². The Hall–Kier alpha value is -1.22. The standard InChI is InChI=1S/C18H36N2O6/c1-13(21)9-19(10-14(2)22)17(25)7-5-6-8-18(26)20(11-15(3)23)12-16(4)24/h13-16,21-24H,5-12H2,1-4H3/t13-,14-,15+,16+. The second kappa shape index (κ2) is 13.0. The van der Waals surface area contributed by atoms with E-state index in [0.29, 0.717) is 12.8 Å². The fraction of sp³-hybridized carbons (Fsp3) is 0.889. The quantitative estimate of drug-likeness (QED) is 0.328. The summed E-state index contributed by atoms with van der Waals surface area (Å²) in [5.41, 5.74) is 0. The van der Waals surface area contributed by atoms with Crippen LogP contribution in [0.25, 0.3) is 0 Å². The zero-order valence-corrected chi connectivity index (χ0v) is 16.5. The third-order valence-corrected chi connectivity index (χ3v) is 3.68. The summed E-state index contributed by atoms with van der Waals surface area (Å²) in [4.78, 5) is 27.3. The molecule has 8 nitrogen and oxygen atoms in total. The van der Waals surface area contributed by atoms with Gasteiger partial charge in [0.2, 0.25) is 11.8 Å². The van der Waals surface area contributed by atoms with E-state index in [2.05, 4.69) is 0 Å². The van der Waals surface area contributed by atoms with E-state index >= 15 is 0 Å². The van der Waals surface area contributed by atoms with Crippen molar-refractivity contribution in [3.05, 3.63) is 0 Å². The van der Waals surface area contributed by atoms with E-state index in [1.807, 2.05) is 0 Å². The monoisotopic (exact) mass is 376 g/mol. The second-order valence-electron chi connectivity index (χ2n) is 7.20. The number of aliphatic hydroxyl groups is 4. The Morgan fingerprint density at radius 1 is 0.615 bits per heavy atom. The molecule has 4 atom stereocenters. The van der Waals surface area contributed by atoms with E-state index in [4.69, 9.17) is 0 Å². The average Bonchev–Trinajstić information content (AvgIpc) is 2.47. The van der Waals surface area contributed by atoms with Gasteiger partial charge in [0.05, 0.1) is 24.4 Å². The summed E-state index contributed by atoms with van der Waals surface area (Å²) in [5, 5.41) is 37.9. The third kappa shape index (κ3) is 12.2. The lowest BCUT2D eigenvalue weighted by molar-refractivity contribution is -0.135. The highest BCUT2D eigenvalue weighted by atomic mass is 16.3. The molecule has 0 saturated carbocycles. The van der Waals surface area contributed by atoms with Crippen LogP contribution in [0.3, 0.4) is 0 Å². The molecule has 0 aliphatic carbocycles. The lowest BCUT2D eigenvalue weighted by atomic mass is 10.1. The Morgan fingerprint density at radius 3 is 1.04 bits per heavy atom. The number of rotatable bonds is 13. The van der Waals surface area contributed by atoms with Crippen molar-refractivity contribution in [2.24, 2.45) is 0 Å². The van der Waals surface area contributed by atoms with Gasteiger partial charge in [-0.2, -0.15) is 0 Å². The molecule has 0 heterocycles. The summed E-state index contributed by atoms with van der Waals surface area (Å²) in [6, 6.07) is 0. The van der Waals surface area contributed by atoms with Crippen molar-refractivity contribution in [2.75, 3.05) is 26.2 Å². The van der Waals surface area contributed by atoms with E-state index in [9.17, 15) is 30.0 Å². The predicted molar refractivity (Wildman–Crippen MR) is 98.4 cm³/mol. The first-order valence-electron chi connectivity index (χ1n) is 9.30. The molecular weight excluding hydrogens is 340 g/mol. The van der Waals surface area contributed by atoms with Crippen LogP contribution in [0.4, 0.5) is 0 Å². The molecule has 2 amide bonds. The minimum atomic E-state index is -0.672. The molecule has 26 heavy (non-hydrogen) atoms. The number of hydrogen-bond acceptors (Lipinski definition) is 6. The van der Waals surface area contributed by atoms with E-state index in [-0.39, 0.29) is 50.8 Å². The number of carbonyl (C=O) groups excluding carboxylic acids is 2. The number of amides is 2. The first kappa shape index (κ1) is 24.8. The van der Waals surface area contributed by atoms with E-state index in [1.54, 1.807) is 27.7 Å². The number of hydrogen-bond donors (Lipinski definition) is 4. The molecule has 0 bridgehead atoms. The van der Waals surface area contributed by atoms with Gasteiger partial charge in [-0.25, -0.2) is 0 Å². The Kier molecular flexibility index (Phi) is 12.4. The van der Waals surface area contributed by atoms with Crippen molar-refractivity contribution in [3.63, 3.8) is 0 Å². The number of nitrogens with zero attached hydrogens (tertiary/aromatic N) is 2. The molecule has 0 aliphatic heterocycles. The third-order valence-electron chi connectivity index (χ3n) is 3.68. The van der Waals surface area contributed by atoms with E-state index < -0.39 is 24.4 Å². The predicted octanol–water partition coefficient (Wildman–Crippen LogP) is -0.273. The summed E-state index contributed by atoms with van der Waals surface area (Å²) in [5.74, 6) is -0.326. The van der Waals surface area contributed by atoms with Gasteiger partial charge in [-0.05, 0) is 40.5 Å². The van der Waals surface area contributed by atoms with Crippen LogP contribution in [-0.4, -0.2) is 92.6 Å². The molecule has 0 unspecified atom stereocenters. The van der Waals surface area contributed by atoms with Crippen LogP contribution in [-0.2, 0) is 9.59 Å². The van der Waals surface area contributed by atoms with E-state index in [1.165, 1.54) is 9.80 Å². The molecule has 0 rings (SSSR count). The summed E-state index contributed by atoms with van der Waals surface area (Å²) in [7, 11) is 0. The Labute approximate surface area is 156 Å². The lowest BCUT2D eigenvalue weighted by Gasteiger charge is -2.26. The zero-order chi connectivity index (χ0) is 20.3. The maximum absolute atomic E-state index is 12.2. The molecule has 8 heteroatoms. The highest BCUT2D eigenvalue weighted by Crippen LogP contribution is 2.08.